The lowest BCUT2D eigenvalue weighted by Gasteiger charge is -2.26. The minimum absolute atomic E-state index is 0.521. The first-order chi connectivity index (χ1) is 10.5. The van der Waals surface area contributed by atoms with Crippen LogP contribution >= 0.6 is 0 Å². The van der Waals surface area contributed by atoms with Crippen LogP contribution in [0.1, 0.15) is 25.3 Å². The second-order valence-electron chi connectivity index (χ2n) is 5.24. The van der Waals surface area contributed by atoms with Crippen molar-refractivity contribution in [3.8, 4) is 0 Å². The molecule has 1 N–H and O–H groups in total. The second kappa shape index (κ2) is 8.93. The molecule has 0 aliphatic carbocycles. The van der Waals surface area contributed by atoms with Gasteiger partial charge in [-0.15, -0.1) is 13.2 Å². The van der Waals surface area contributed by atoms with Crippen LogP contribution in [-0.2, 0) is 0 Å². The van der Waals surface area contributed by atoms with E-state index in [0.29, 0.717) is 6.54 Å². The van der Waals surface area contributed by atoms with E-state index in [1.165, 1.54) is 4.90 Å². The SMILES string of the molecule is C=CCN(CC=C)c1ccc(N(CCCC)C(=O)O)cc1C. The van der Waals surface area contributed by atoms with Gasteiger partial charge in [0.2, 0.25) is 0 Å². The zero-order valence-corrected chi connectivity index (χ0v) is 13.6. The molecule has 0 fully saturated rings. The number of benzene rings is 1. The first kappa shape index (κ1) is 17.8. The van der Waals surface area contributed by atoms with Gasteiger partial charge in [-0.1, -0.05) is 25.5 Å². The number of anilines is 2. The molecule has 22 heavy (non-hydrogen) atoms. The number of unbranched alkanes of at least 4 members (excludes halogenated alkanes) is 1. The molecule has 0 bridgehead atoms. The number of rotatable bonds is 9. The van der Waals surface area contributed by atoms with Crippen LogP contribution in [0.3, 0.4) is 0 Å². The highest BCUT2D eigenvalue weighted by Crippen LogP contribution is 2.26. The molecule has 0 aliphatic rings. The van der Waals surface area contributed by atoms with Gasteiger partial charge in [-0.25, -0.2) is 4.79 Å². The Kier molecular flexibility index (Phi) is 7.23. The summed E-state index contributed by atoms with van der Waals surface area (Å²) >= 11 is 0. The van der Waals surface area contributed by atoms with E-state index in [2.05, 4.69) is 25.0 Å². The summed E-state index contributed by atoms with van der Waals surface area (Å²) in [5.41, 5.74) is 2.84. The molecular formula is C18H26N2O2. The number of amides is 1. The number of nitrogens with zero attached hydrogens (tertiary/aromatic N) is 2. The maximum absolute atomic E-state index is 11.4. The largest absolute Gasteiger partial charge is 0.465 e. The average Bonchev–Trinajstić information content (AvgIpc) is 2.47. The monoisotopic (exact) mass is 302 g/mol. The van der Waals surface area contributed by atoms with E-state index in [4.69, 9.17) is 0 Å². The van der Waals surface area contributed by atoms with Crippen LogP contribution in [0.4, 0.5) is 16.2 Å². The van der Waals surface area contributed by atoms with Gasteiger partial charge in [-0.05, 0) is 37.1 Å². The summed E-state index contributed by atoms with van der Waals surface area (Å²) in [5, 5.41) is 9.38. The molecule has 0 saturated heterocycles. The van der Waals surface area contributed by atoms with Gasteiger partial charge in [-0.2, -0.15) is 0 Å². The first-order valence-corrected chi connectivity index (χ1v) is 7.63. The quantitative estimate of drug-likeness (QED) is 0.685. The third-order valence-electron chi connectivity index (χ3n) is 3.50. The summed E-state index contributed by atoms with van der Waals surface area (Å²) in [6.45, 7) is 13.6. The normalized spacial score (nSPS) is 10.1. The molecular weight excluding hydrogens is 276 g/mol. The van der Waals surface area contributed by atoms with Crippen molar-refractivity contribution >= 4 is 17.5 Å². The van der Waals surface area contributed by atoms with Gasteiger partial charge >= 0.3 is 6.09 Å². The molecule has 4 nitrogen and oxygen atoms in total. The third-order valence-corrected chi connectivity index (χ3v) is 3.50. The molecule has 0 spiro atoms. The zero-order chi connectivity index (χ0) is 16.5. The summed E-state index contributed by atoms with van der Waals surface area (Å²) in [5.74, 6) is 0. The van der Waals surface area contributed by atoms with Crippen molar-refractivity contribution in [3.63, 3.8) is 0 Å². The molecule has 0 radical (unpaired) electrons. The third kappa shape index (κ3) is 4.65. The lowest BCUT2D eigenvalue weighted by Crippen LogP contribution is -2.30. The second-order valence-corrected chi connectivity index (χ2v) is 5.24. The van der Waals surface area contributed by atoms with Gasteiger partial charge in [0, 0.05) is 31.0 Å². The lowest BCUT2D eigenvalue weighted by molar-refractivity contribution is 0.201. The number of aryl methyl sites for hydroxylation is 1. The number of carboxylic acid groups (broad SMARTS) is 1. The number of carbonyl (C=O) groups is 1. The smallest absolute Gasteiger partial charge is 0.411 e. The Balaban J connectivity index is 3.06. The lowest BCUT2D eigenvalue weighted by atomic mass is 10.1. The Hall–Kier alpha value is -2.23. The Morgan fingerprint density at radius 3 is 2.36 bits per heavy atom. The van der Waals surface area contributed by atoms with Gasteiger partial charge < -0.3 is 10.0 Å². The molecule has 0 saturated carbocycles. The van der Waals surface area contributed by atoms with Gasteiger partial charge in [0.25, 0.3) is 0 Å². The van der Waals surface area contributed by atoms with E-state index < -0.39 is 6.09 Å². The van der Waals surface area contributed by atoms with E-state index in [9.17, 15) is 9.90 Å². The van der Waals surface area contributed by atoms with Crippen LogP contribution in [-0.4, -0.2) is 30.8 Å². The van der Waals surface area contributed by atoms with E-state index in [1.54, 1.807) is 0 Å². The maximum Gasteiger partial charge on any atom is 0.411 e. The molecule has 0 aliphatic heterocycles. The molecule has 1 aromatic rings. The molecule has 120 valence electrons. The van der Waals surface area contributed by atoms with Crippen molar-refractivity contribution in [1.82, 2.24) is 0 Å². The molecule has 1 rings (SSSR count). The van der Waals surface area contributed by atoms with Crippen LogP contribution < -0.4 is 9.80 Å². The predicted molar refractivity (Wildman–Crippen MR) is 94.1 cm³/mol. The van der Waals surface area contributed by atoms with Crippen molar-refractivity contribution in [2.75, 3.05) is 29.4 Å². The first-order valence-electron chi connectivity index (χ1n) is 7.63. The van der Waals surface area contributed by atoms with Crippen molar-refractivity contribution in [1.29, 1.82) is 0 Å². The van der Waals surface area contributed by atoms with Gasteiger partial charge in [0.1, 0.15) is 0 Å². The molecule has 0 unspecified atom stereocenters. The van der Waals surface area contributed by atoms with Gasteiger partial charge in [0.15, 0.2) is 0 Å². The molecule has 4 heteroatoms. The molecule has 0 atom stereocenters. The molecule has 0 heterocycles. The van der Waals surface area contributed by atoms with Crippen LogP contribution in [0.2, 0.25) is 0 Å². The Morgan fingerprint density at radius 2 is 1.91 bits per heavy atom. The van der Waals surface area contributed by atoms with E-state index >= 15 is 0 Å². The summed E-state index contributed by atoms with van der Waals surface area (Å²) in [7, 11) is 0. The zero-order valence-electron chi connectivity index (χ0n) is 13.6. The molecule has 0 aromatic heterocycles. The predicted octanol–water partition coefficient (Wildman–Crippen LogP) is 4.46. The van der Waals surface area contributed by atoms with Crippen LogP contribution in [0.15, 0.2) is 43.5 Å². The number of hydrogen-bond acceptors (Lipinski definition) is 2. The fourth-order valence-corrected chi connectivity index (χ4v) is 2.40. The highest BCUT2D eigenvalue weighted by atomic mass is 16.4. The van der Waals surface area contributed by atoms with Crippen molar-refractivity contribution < 1.29 is 9.90 Å². The van der Waals surface area contributed by atoms with Crippen molar-refractivity contribution in [2.45, 2.75) is 26.7 Å². The minimum atomic E-state index is -0.908. The average molecular weight is 302 g/mol. The van der Waals surface area contributed by atoms with E-state index in [1.807, 2.05) is 37.3 Å². The standard InChI is InChI=1S/C18H26N2O2/c1-5-8-13-20(18(21)22)16-9-10-17(15(4)14-16)19(11-6-2)12-7-3/h6-7,9-10,14H,2-3,5,8,11-13H2,1,4H3,(H,21,22). The fourth-order valence-electron chi connectivity index (χ4n) is 2.40. The Morgan fingerprint density at radius 1 is 1.27 bits per heavy atom. The van der Waals surface area contributed by atoms with Crippen LogP contribution in [0.25, 0.3) is 0 Å². The highest BCUT2D eigenvalue weighted by Gasteiger charge is 2.15. The Bertz CT molecular complexity index is 516. The minimum Gasteiger partial charge on any atom is -0.465 e. The van der Waals surface area contributed by atoms with Gasteiger partial charge in [0.05, 0.1) is 0 Å². The fraction of sp³-hybridized carbons (Fsp3) is 0.389. The highest BCUT2D eigenvalue weighted by molar-refractivity contribution is 5.86. The van der Waals surface area contributed by atoms with Crippen molar-refractivity contribution in [2.24, 2.45) is 0 Å². The molecule has 1 amide bonds. The number of hydrogen-bond donors (Lipinski definition) is 1. The van der Waals surface area contributed by atoms with E-state index in [-0.39, 0.29) is 0 Å². The van der Waals surface area contributed by atoms with Crippen molar-refractivity contribution in [3.05, 3.63) is 49.1 Å². The van der Waals surface area contributed by atoms with Gasteiger partial charge in [-0.3, -0.25) is 4.90 Å². The summed E-state index contributed by atoms with van der Waals surface area (Å²) in [6.07, 6.45) is 4.61. The van der Waals surface area contributed by atoms with Crippen LogP contribution in [0, 0.1) is 6.92 Å². The maximum atomic E-state index is 11.4. The molecule has 1 aromatic carbocycles. The van der Waals surface area contributed by atoms with E-state index in [0.717, 1.165) is 42.9 Å². The summed E-state index contributed by atoms with van der Waals surface area (Å²) in [4.78, 5) is 15.0. The Labute approximate surface area is 133 Å². The summed E-state index contributed by atoms with van der Waals surface area (Å²) < 4.78 is 0. The van der Waals surface area contributed by atoms with Crippen LogP contribution in [0.5, 0.6) is 0 Å². The topological polar surface area (TPSA) is 43.8 Å². The summed E-state index contributed by atoms with van der Waals surface area (Å²) in [6, 6.07) is 5.77.